The average Bonchev–Trinajstić information content (AvgIpc) is 3.26. The number of unbranched alkanes of at least 4 members (excludes halogenated alkanes) is 13. The molecule has 61 heavy (non-hydrogen) atoms. The van der Waals surface area contributed by atoms with E-state index in [-0.39, 0.29) is 31.6 Å². The number of carbonyl (C=O) groups excluding carboxylic acids is 3. The van der Waals surface area contributed by atoms with Crippen LogP contribution in [0.3, 0.4) is 0 Å². The zero-order valence-electron chi connectivity index (χ0n) is 39.1. The van der Waals surface area contributed by atoms with Gasteiger partial charge in [-0.15, -0.1) is 0 Å². The molecule has 6 nitrogen and oxygen atoms in total. The van der Waals surface area contributed by atoms with Gasteiger partial charge in [-0.2, -0.15) is 0 Å². The lowest BCUT2D eigenvalue weighted by molar-refractivity contribution is -0.166. The van der Waals surface area contributed by atoms with Gasteiger partial charge in [0.15, 0.2) is 6.10 Å². The molecule has 1 unspecified atom stereocenters. The van der Waals surface area contributed by atoms with Crippen molar-refractivity contribution in [3.8, 4) is 0 Å². The Hall–Kier alpha value is -3.93. The predicted molar refractivity (Wildman–Crippen MR) is 260 cm³/mol. The molecular weight excluding hydrogens is 757 g/mol. The summed E-state index contributed by atoms with van der Waals surface area (Å²) < 4.78 is 16.6. The molecule has 0 aromatic carbocycles. The summed E-state index contributed by atoms with van der Waals surface area (Å²) in [4.78, 5) is 37.8. The van der Waals surface area contributed by atoms with Crippen molar-refractivity contribution >= 4 is 17.9 Å². The molecular formula is C55H88O6. The summed E-state index contributed by atoms with van der Waals surface area (Å²) in [7, 11) is 0. The first kappa shape index (κ1) is 57.1. The van der Waals surface area contributed by atoms with Crippen molar-refractivity contribution in [3.05, 3.63) is 109 Å². The van der Waals surface area contributed by atoms with E-state index in [1.165, 1.54) is 51.4 Å². The molecule has 0 bridgehead atoms. The van der Waals surface area contributed by atoms with E-state index in [0.717, 1.165) is 103 Å². The molecule has 344 valence electrons. The second-order valence-corrected chi connectivity index (χ2v) is 15.6. The molecule has 0 aromatic rings. The van der Waals surface area contributed by atoms with Crippen LogP contribution in [0.25, 0.3) is 0 Å². The van der Waals surface area contributed by atoms with Gasteiger partial charge >= 0.3 is 17.9 Å². The Morgan fingerprint density at radius 1 is 0.344 bits per heavy atom. The van der Waals surface area contributed by atoms with Gasteiger partial charge in [0.1, 0.15) is 13.2 Å². The normalized spacial score (nSPS) is 13.0. The third kappa shape index (κ3) is 47.0. The van der Waals surface area contributed by atoms with Crippen LogP contribution >= 0.6 is 0 Å². The molecule has 0 aromatic heterocycles. The molecule has 0 saturated carbocycles. The van der Waals surface area contributed by atoms with Crippen molar-refractivity contribution in [2.75, 3.05) is 13.2 Å². The first-order valence-electron chi connectivity index (χ1n) is 24.4. The van der Waals surface area contributed by atoms with Crippen LogP contribution in [-0.4, -0.2) is 37.2 Å². The molecule has 0 aliphatic heterocycles. The van der Waals surface area contributed by atoms with E-state index in [1.54, 1.807) is 0 Å². The number of hydrogen-bond donors (Lipinski definition) is 0. The van der Waals surface area contributed by atoms with Crippen LogP contribution in [-0.2, 0) is 28.6 Å². The van der Waals surface area contributed by atoms with Gasteiger partial charge in [0.2, 0.25) is 0 Å². The Kier molecular flexibility index (Phi) is 45.6. The van der Waals surface area contributed by atoms with Crippen LogP contribution in [0.1, 0.15) is 201 Å². The van der Waals surface area contributed by atoms with Crippen molar-refractivity contribution < 1.29 is 28.6 Å². The maximum Gasteiger partial charge on any atom is 0.306 e. The Morgan fingerprint density at radius 2 is 0.672 bits per heavy atom. The number of rotatable bonds is 42. The highest BCUT2D eigenvalue weighted by molar-refractivity contribution is 5.71. The van der Waals surface area contributed by atoms with Gasteiger partial charge < -0.3 is 14.2 Å². The first-order valence-corrected chi connectivity index (χ1v) is 24.4. The summed E-state index contributed by atoms with van der Waals surface area (Å²) in [5, 5.41) is 0. The fraction of sp³-hybridized carbons (Fsp3) is 0.618. The van der Waals surface area contributed by atoms with Crippen LogP contribution < -0.4 is 0 Å². The van der Waals surface area contributed by atoms with Crippen molar-refractivity contribution in [1.82, 2.24) is 0 Å². The van der Waals surface area contributed by atoms with E-state index < -0.39 is 12.1 Å². The minimum atomic E-state index is -0.832. The van der Waals surface area contributed by atoms with Gasteiger partial charge in [0, 0.05) is 19.3 Å². The van der Waals surface area contributed by atoms with Crippen LogP contribution in [0.5, 0.6) is 0 Å². The number of esters is 3. The molecule has 0 spiro atoms. The molecule has 6 heteroatoms. The lowest BCUT2D eigenvalue weighted by Crippen LogP contribution is -2.30. The van der Waals surface area contributed by atoms with Gasteiger partial charge in [-0.3, -0.25) is 14.4 Å². The van der Waals surface area contributed by atoms with E-state index >= 15 is 0 Å². The summed E-state index contributed by atoms with van der Waals surface area (Å²) in [5.74, 6) is -1.05. The van der Waals surface area contributed by atoms with Gasteiger partial charge in [0.05, 0.1) is 0 Å². The lowest BCUT2D eigenvalue weighted by atomic mass is 10.1. The molecule has 0 saturated heterocycles. The van der Waals surface area contributed by atoms with Crippen molar-refractivity contribution in [1.29, 1.82) is 0 Å². The minimum absolute atomic E-state index is 0.123. The summed E-state index contributed by atoms with van der Waals surface area (Å²) in [6.07, 6.45) is 65.1. The molecule has 0 N–H and O–H groups in total. The van der Waals surface area contributed by atoms with Gasteiger partial charge in [-0.05, 0) is 109 Å². The van der Waals surface area contributed by atoms with Crippen LogP contribution in [0.4, 0.5) is 0 Å². The summed E-state index contributed by atoms with van der Waals surface area (Å²) in [5.41, 5.74) is 0. The number of carbonyl (C=O) groups is 3. The molecule has 0 radical (unpaired) electrons. The van der Waals surface area contributed by atoms with E-state index in [2.05, 4.69) is 118 Å². The highest BCUT2D eigenvalue weighted by Crippen LogP contribution is 2.12. The van der Waals surface area contributed by atoms with Gasteiger partial charge in [-0.1, -0.05) is 182 Å². The fourth-order valence-corrected chi connectivity index (χ4v) is 6.15. The van der Waals surface area contributed by atoms with Gasteiger partial charge in [0.25, 0.3) is 0 Å². The standard InChI is InChI=1S/C55H88O6/c1-4-7-10-13-16-19-22-25-26-27-28-31-33-36-39-42-45-48-54(57)60-51-52(61-55(58)49-46-43-40-37-34-30-24-21-18-15-12-9-6-3)50-59-53(56)47-44-41-38-35-32-29-23-20-17-14-11-8-5-2/h8-9,11-12,16-21,25-26,29-30,32,34,40,43,52H,4-7,10,13-15,22-24,27-28,31,33,35-39,41-42,44-51H2,1-3H3/b11-8-,12-9-,19-16-,20-17-,21-18-,26-25-,32-29-,34-30-,43-40-. The molecule has 0 rings (SSSR count). The van der Waals surface area contributed by atoms with E-state index in [4.69, 9.17) is 14.2 Å². The lowest BCUT2D eigenvalue weighted by Gasteiger charge is -2.18. The van der Waals surface area contributed by atoms with Crippen LogP contribution in [0, 0.1) is 0 Å². The minimum Gasteiger partial charge on any atom is -0.462 e. The largest absolute Gasteiger partial charge is 0.462 e. The molecule has 1 atom stereocenters. The zero-order chi connectivity index (χ0) is 44.4. The van der Waals surface area contributed by atoms with E-state index in [0.29, 0.717) is 19.3 Å². The van der Waals surface area contributed by atoms with Crippen molar-refractivity contribution in [2.45, 2.75) is 207 Å². The van der Waals surface area contributed by atoms with E-state index in [9.17, 15) is 14.4 Å². The molecule has 0 amide bonds. The third-order valence-electron chi connectivity index (χ3n) is 9.76. The quantitative estimate of drug-likeness (QED) is 0.0264. The average molecular weight is 845 g/mol. The van der Waals surface area contributed by atoms with E-state index in [1.807, 2.05) is 12.2 Å². The second kappa shape index (κ2) is 48.7. The van der Waals surface area contributed by atoms with Crippen molar-refractivity contribution in [3.63, 3.8) is 0 Å². The predicted octanol–water partition coefficient (Wildman–Crippen LogP) is 16.0. The maximum absolute atomic E-state index is 12.7. The Labute approximate surface area is 374 Å². The summed E-state index contributed by atoms with van der Waals surface area (Å²) in [6.45, 7) is 6.26. The van der Waals surface area contributed by atoms with Gasteiger partial charge in [-0.25, -0.2) is 0 Å². The second-order valence-electron chi connectivity index (χ2n) is 15.6. The Balaban J connectivity index is 4.52. The topological polar surface area (TPSA) is 78.9 Å². The number of allylic oxidation sites excluding steroid dienone is 18. The Bertz CT molecular complexity index is 1290. The fourth-order valence-electron chi connectivity index (χ4n) is 6.15. The highest BCUT2D eigenvalue weighted by Gasteiger charge is 2.19. The highest BCUT2D eigenvalue weighted by atomic mass is 16.6. The molecule has 0 aliphatic carbocycles. The van der Waals surface area contributed by atoms with Crippen LogP contribution in [0.15, 0.2) is 109 Å². The maximum atomic E-state index is 12.7. The third-order valence-corrected chi connectivity index (χ3v) is 9.76. The smallest absolute Gasteiger partial charge is 0.306 e. The summed E-state index contributed by atoms with van der Waals surface area (Å²) >= 11 is 0. The SMILES string of the molecule is CC/C=C\C/C=C\C/C=C\C/C=C\CCC(=O)OC(COC(=O)CCCCC/C=C\C/C=C\C/C=C\CC)COC(=O)CCCCCCCCC/C=C\C/C=C\CCCCC. The van der Waals surface area contributed by atoms with Crippen LogP contribution in [0.2, 0.25) is 0 Å². The summed E-state index contributed by atoms with van der Waals surface area (Å²) in [6, 6.07) is 0. The molecule has 0 aliphatic rings. The zero-order valence-corrected chi connectivity index (χ0v) is 39.1. The number of hydrogen-bond acceptors (Lipinski definition) is 6. The first-order chi connectivity index (χ1) is 30.0. The Morgan fingerprint density at radius 3 is 1.08 bits per heavy atom. The monoisotopic (exact) mass is 845 g/mol. The molecule has 0 heterocycles. The molecule has 0 fully saturated rings. The van der Waals surface area contributed by atoms with Crippen molar-refractivity contribution in [2.24, 2.45) is 0 Å². The number of ether oxygens (including phenoxy) is 3.